The average Bonchev–Trinajstić information content (AvgIpc) is 3.50. The highest BCUT2D eigenvalue weighted by atomic mass is 32.2. The van der Waals surface area contributed by atoms with Crippen LogP contribution >= 0.6 is 11.8 Å². The molecule has 3 aromatic carbocycles. The summed E-state index contributed by atoms with van der Waals surface area (Å²) < 4.78 is 2.27. The number of fused-ring (bicyclic) bond motifs is 4. The molecule has 41 heavy (non-hydrogen) atoms. The Bertz CT molecular complexity index is 1890. The zero-order valence-electron chi connectivity index (χ0n) is 23.7. The molecule has 1 aliphatic heterocycles. The number of para-hydroxylation sites is 1. The summed E-state index contributed by atoms with van der Waals surface area (Å²) in [4.78, 5) is 19.6. The van der Waals surface area contributed by atoms with Crippen LogP contribution in [0.25, 0.3) is 27.6 Å². The second-order valence-electron chi connectivity index (χ2n) is 11.6. The third kappa shape index (κ3) is 4.60. The van der Waals surface area contributed by atoms with Crippen molar-refractivity contribution >= 4 is 50.9 Å². The fourth-order valence-electron chi connectivity index (χ4n) is 5.62. The molecular formula is C34H32N6S. The third-order valence-electron chi connectivity index (χ3n) is 7.72. The van der Waals surface area contributed by atoms with Crippen LogP contribution in [0.15, 0.2) is 102 Å². The summed E-state index contributed by atoms with van der Waals surface area (Å²) in [5.74, 6) is 3.62. The average molecular weight is 557 g/mol. The molecule has 0 amide bonds. The molecule has 0 saturated carbocycles. The molecule has 7 heteroatoms. The Morgan fingerprint density at radius 2 is 1.54 bits per heavy atom. The number of nitrogens with zero attached hydrogens (tertiary/aromatic N) is 6. The monoisotopic (exact) mass is 556 g/mol. The van der Waals surface area contributed by atoms with Gasteiger partial charge in [-0.25, -0.2) is 15.0 Å². The number of aromatic nitrogens is 4. The number of benzene rings is 3. The van der Waals surface area contributed by atoms with Crippen molar-refractivity contribution < 1.29 is 0 Å². The summed E-state index contributed by atoms with van der Waals surface area (Å²) in [6.45, 7) is 7.56. The molecule has 0 radical (unpaired) electrons. The Kier molecular flexibility index (Phi) is 6.20. The molecule has 0 bridgehead atoms. The molecular weight excluding hydrogens is 524 g/mol. The molecule has 0 N–H and O–H groups in total. The van der Waals surface area contributed by atoms with Crippen molar-refractivity contribution in [1.82, 2.24) is 19.5 Å². The maximum Gasteiger partial charge on any atom is 0.178 e. The van der Waals surface area contributed by atoms with Crippen LogP contribution in [0.1, 0.15) is 31.9 Å². The maximum atomic E-state index is 4.68. The van der Waals surface area contributed by atoms with Gasteiger partial charge < -0.3 is 9.80 Å². The van der Waals surface area contributed by atoms with E-state index in [4.69, 9.17) is 0 Å². The summed E-state index contributed by atoms with van der Waals surface area (Å²) in [6.07, 6.45) is 5.39. The zero-order chi connectivity index (χ0) is 28.1. The van der Waals surface area contributed by atoms with E-state index >= 15 is 0 Å². The molecule has 0 saturated heterocycles. The first-order chi connectivity index (χ1) is 19.9. The Morgan fingerprint density at radius 1 is 0.756 bits per heavy atom. The van der Waals surface area contributed by atoms with Gasteiger partial charge in [-0.05, 0) is 59.0 Å². The van der Waals surface area contributed by atoms with E-state index in [2.05, 4.69) is 124 Å². The molecule has 6 nitrogen and oxygen atoms in total. The number of anilines is 3. The highest BCUT2D eigenvalue weighted by molar-refractivity contribution is 7.98. The minimum Gasteiger partial charge on any atom is -0.338 e. The summed E-state index contributed by atoms with van der Waals surface area (Å²) in [5.41, 5.74) is 6.14. The van der Waals surface area contributed by atoms with Gasteiger partial charge in [0.15, 0.2) is 11.6 Å². The van der Waals surface area contributed by atoms with Gasteiger partial charge in [0, 0.05) is 52.7 Å². The van der Waals surface area contributed by atoms with E-state index in [-0.39, 0.29) is 5.41 Å². The molecule has 6 aromatic rings. The molecule has 0 fully saturated rings. The van der Waals surface area contributed by atoms with Gasteiger partial charge in [-0.15, -0.1) is 11.8 Å². The smallest absolute Gasteiger partial charge is 0.178 e. The number of pyridine rings is 1. The van der Waals surface area contributed by atoms with Crippen LogP contribution in [0.2, 0.25) is 0 Å². The fraction of sp³-hybridized carbons (Fsp3) is 0.206. The molecule has 0 unspecified atom stereocenters. The van der Waals surface area contributed by atoms with E-state index in [1.165, 1.54) is 37.8 Å². The second-order valence-corrected chi connectivity index (χ2v) is 12.7. The predicted molar refractivity (Wildman–Crippen MR) is 171 cm³/mol. The third-order valence-corrected chi connectivity index (χ3v) is 8.78. The van der Waals surface area contributed by atoms with Crippen LogP contribution in [-0.4, -0.2) is 33.2 Å². The quantitative estimate of drug-likeness (QED) is 0.200. The van der Waals surface area contributed by atoms with Crippen LogP contribution in [0.4, 0.5) is 17.3 Å². The minimum absolute atomic E-state index is 0.0226. The van der Waals surface area contributed by atoms with E-state index in [9.17, 15) is 0 Å². The predicted octanol–water partition coefficient (Wildman–Crippen LogP) is 8.10. The largest absolute Gasteiger partial charge is 0.338 e. The van der Waals surface area contributed by atoms with Crippen LogP contribution in [0.5, 0.6) is 0 Å². The molecule has 4 heterocycles. The number of hydrogen-bond donors (Lipinski definition) is 0. The van der Waals surface area contributed by atoms with Crippen molar-refractivity contribution in [3.63, 3.8) is 0 Å². The summed E-state index contributed by atoms with van der Waals surface area (Å²) in [7, 11) is 2.07. The lowest BCUT2D eigenvalue weighted by molar-refractivity contribution is 0.589. The molecule has 0 spiro atoms. The van der Waals surface area contributed by atoms with Crippen molar-refractivity contribution in [2.75, 3.05) is 23.5 Å². The summed E-state index contributed by atoms with van der Waals surface area (Å²) in [5, 5.41) is 2.48. The fourth-order valence-corrected chi connectivity index (χ4v) is 6.48. The number of thioether (sulfide) groups is 1. The molecule has 0 atom stereocenters. The van der Waals surface area contributed by atoms with Gasteiger partial charge in [0.2, 0.25) is 0 Å². The second kappa shape index (κ2) is 9.93. The van der Waals surface area contributed by atoms with Gasteiger partial charge in [-0.3, -0.25) is 4.57 Å². The lowest BCUT2D eigenvalue weighted by atomic mass is 9.86. The van der Waals surface area contributed by atoms with E-state index < -0.39 is 0 Å². The first-order valence-electron chi connectivity index (χ1n) is 13.9. The van der Waals surface area contributed by atoms with Crippen LogP contribution in [0.3, 0.4) is 0 Å². The number of rotatable bonds is 5. The van der Waals surface area contributed by atoms with Crippen LogP contribution in [-0.2, 0) is 11.2 Å². The molecule has 1 aliphatic rings. The van der Waals surface area contributed by atoms with Gasteiger partial charge in [0.05, 0.1) is 17.7 Å². The van der Waals surface area contributed by atoms with Gasteiger partial charge in [0.1, 0.15) is 5.82 Å². The Morgan fingerprint density at radius 3 is 2.34 bits per heavy atom. The van der Waals surface area contributed by atoms with E-state index in [0.29, 0.717) is 0 Å². The first-order valence-corrected chi connectivity index (χ1v) is 14.9. The zero-order valence-corrected chi connectivity index (χ0v) is 24.6. The van der Waals surface area contributed by atoms with Gasteiger partial charge in [-0.2, -0.15) is 0 Å². The highest BCUT2D eigenvalue weighted by Crippen LogP contribution is 2.40. The molecule has 7 rings (SSSR count). The highest BCUT2D eigenvalue weighted by Gasteiger charge is 2.28. The normalized spacial score (nSPS) is 13.4. The van der Waals surface area contributed by atoms with Crippen LogP contribution < -0.4 is 9.80 Å². The van der Waals surface area contributed by atoms with Crippen LogP contribution in [0, 0.1) is 0 Å². The van der Waals surface area contributed by atoms with Crippen molar-refractivity contribution in [2.24, 2.45) is 0 Å². The Labute approximate surface area is 244 Å². The lowest BCUT2D eigenvalue weighted by Crippen LogP contribution is -2.25. The number of hydrogen-bond acceptors (Lipinski definition) is 6. The summed E-state index contributed by atoms with van der Waals surface area (Å²) in [6, 6.07) is 28.4. The van der Waals surface area contributed by atoms with E-state index in [1.54, 1.807) is 12.4 Å². The first kappa shape index (κ1) is 25.6. The lowest BCUT2D eigenvalue weighted by Gasteiger charge is -2.25. The van der Waals surface area contributed by atoms with E-state index in [1.807, 2.05) is 30.1 Å². The molecule has 0 aliphatic carbocycles. The Balaban J connectivity index is 1.26. The van der Waals surface area contributed by atoms with Gasteiger partial charge in [-0.1, -0.05) is 57.2 Å². The standard InChI is InChI=1S/C34H32N6S/c1-34(2,3)24-17-23(18-25(19-24)39-22-38(4)32-33(39)37-16-15-36-32)21-41-26-12-13-28-27-9-5-6-10-29(27)40(30(28)20-26)31-11-7-8-14-35-31/h5-20H,21-22H2,1-4H3. The van der Waals surface area contributed by atoms with Crippen molar-refractivity contribution in [2.45, 2.75) is 36.8 Å². The topological polar surface area (TPSA) is 50.1 Å². The van der Waals surface area contributed by atoms with Gasteiger partial charge in [0.25, 0.3) is 0 Å². The summed E-state index contributed by atoms with van der Waals surface area (Å²) >= 11 is 1.87. The van der Waals surface area contributed by atoms with Crippen molar-refractivity contribution in [1.29, 1.82) is 0 Å². The van der Waals surface area contributed by atoms with Crippen molar-refractivity contribution in [3.8, 4) is 5.82 Å². The Hall–Kier alpha value is -4.36. The maximum absolute atomic E-state index is 4.68. The van der Waals surface area contributed by atoms with Gasteiger partial charge >= 0.3 is 0 Å². The van der Waals surface area contributed by atoms with Crippen molar-refractivity contribution in [3.05, 3.63) is 109 Å². The minimum atomic E-state index is 0.0226. The molecule has 3 aromatic heterocycles. The van der Waals surface area contributed by atoms with E-state index in [0.717, 1.165) is 35.6 Å². The SMILES string of the molecule is CN1CN(c2cc(CSc3ccc4c5ccccc5n(-c5ccccn5)c4c3)cc(C(C)(C)C)c2)c2nccnc21. The molecule has 204 valence electrons.